The van der Waals surface area contributed by atoms with Crippen LogP contribution in [-0.4, -0.2) is 9.78 Å². The number of aromatic nitrogens is 2. The molecule has 0 unspecified atom stereocenters. The lowest BCUT2D eigenvalue weighted by molar-refractivity contribution is 0.266. The molecule has 2 nitrogen and oxygen atoms in total. The summed E-state index contributed by atoms with van der Waals surface area (Å²) in [4.78, 5) is 0. The Labute approximate surface area is 86.5 Å². The van der Waals surface area contributed by atoms with E-state index < -0.39 is 0 Å². The predicted molar refractivity (Wildman–Crippen MR) is 57.0 cm³/mol. The van der Waals surface area contributed by atoms with Crippen LogP contribution >= 0.6 is 22.6 Å². The molecule has 1 aromatic rings. The lowest BCUT2D eigenvalue weighted by Crippen LogP contribution is -2.18. The largest absolute Gasteiger partial charge is 0.271 e. The molecule has 1 fully saturated rings. The van der Waals surface area contributed by atoms with Crippen molar-refractivity contribution in [2.24, 2.45) is 5.92 Å². The zero-order valence-electron chi connectivity index (χ0n) is 7.26. The van der Waals surface area contributed by atoms with Gasteiger partial charge in [0.05, 0.1) is 0 Å². The molecule has 1 saturated carbocycles. The van der Waals surface area contributed by atoms with Crippen LogP contribution in [0, 0.1) is 16.5 Å². The van der Waals surface area contributed by atoms with Gasteiger partial charge >= 0.3 is 0 Å². The van der Waals surface area contributed by atoms with Crippen molar-refractivity contribution in [3.63, 3.8) is 0 Å². The van der Waals surface area contributed by atoms with E-state index >= 15 is 0 Å². The third-order valence-corrected chi connectivity index (χ3v) is 3.62. The average Bonchev–Trinajstić information content (AvgIpc) is 2.24. The highest BCUT2D eigenvalue weighted by molar-refractivity contribution is 14.1. The fourth-order valence-electron chi connectivity index (χ4n) is 1.53. The summed E-state index contributed by atoms with van der Waals surface area (Å²) in [6.45, 7) is 3.25. The van der Waals surface area contributed by atoms with Crippen LogP contribution in [0.3, 0.4) is 0 Å². The number of halogens is 1. The van der Waals surface area contributed by atoms with E-state index in [1.54, 1.807) is 0 Å². The van der Waals surface area contributed by atoms with Crippen molar-refractivity contribution in [2.75, 3.05) is 0 Å². The molecular formula is C9H13IN2. The zero-order chi connectivity index (χ0) is 8.55. The second-order valence-electron chi connectivity index (χ2n) is 3.62. The van der Waals surface area contributed by atoms with E-state index in [0.29, 0.717) is 0 Å². The van der Waals surface area contributed by atoms with Gasteiger partial charge in [0.2, 0.25) is 0 Å². The van der Waals surface area contributed by atoms with Crippen molar-refractivity contribution in [2.45, 2.75) is 32.7 Å². The van der Waals surface area contributed by atoms with Gasteiger partial charge in [-0.05, 0) is 48.3 Å². The van der Waals surface area contributed by atoms with Gasteiger partial charge in [-0.3, -0.25) is 4.68 Å². The predicted octanol–water partition coefficient (Wildman–Crippen LogP) is 2.60. The molecule has 12 heavy (non-hydrogen) atoms. The Morgan fingerprint density at radius 3 is 2.83 bits per heavy atom. The van der Waals surface area contributed by atoms with E-state index in [4.69, 9.17) is 0 Å². The maximum atomic E-state index is 4.44. The van der Waals surface area contributed by atoms with Crippen LogP contribution in [0.25, 0.3) is 0 Å². The van der Waals surface area contributed by atoms with Crippen LogP contribution in [0.2, 0.25) is 0 Å². The Kier molecular flexibility index (Phi) is 2.39. The molecule has 0 amide bonds. The third kappa shape index (κ3) is 1.65. The Balaban J connectivity index is 2.02. The molecule has 3 heteroatoms. The first-order valence-corrected chi connectivity index (χ1v) is 5.53. The topological polar surface area (TPSA) is 17.8 Å². The summed E-state index contributed by atoms with van der Waals surface area (Å²) in [6, 6.07) is 0. The van der Waals surface area contributed by atoms with Crippen molar-refractivity contribution in [1.82, 2.24) is 9.78 Å². The van der Waals surface area contributed by atoms with Gasteiger partial charge in [-0.15, -0.1) is 0 Å². The van der Waals surface area contributed by atoms with E-state index in [9.17, 15) is 0 Å². The van der Waals surface area contributed by atoms with Crippen molar-refractivity contribution < 1.29 is 0 Å². The molecule has 0 saturated heterocycles. The number of aryl methyl sites for hydroxylation is 1. The van der Waals surface area contributed by atoms with Gasteiger partial charge in [0.25, 0.3) is 0 Å². The molecule has 0 N–H and O–H groups in total. The van der Waals surface area contributed by atoms with Crippen LogP contribution in [0.4, 0.5) is 0 Å². The Morgan fingerprint density at radius 1 is 1.67 bits per heavy atom. The van der Waals surface area contributed by atoms with Gasteiger partial charge in [-0.1, -0.05) is 6.42 Å². The highest BCUT2D eigenvalue weighted by atomic mass is 127. The molecule has 1 heterocycles. The SMILES string of the molecule is Cc1cn(CC2CCC2)nc1I. The second-order valence-corrected chi connectivity index (χ2v) is 4.64. The van der Waals surface area contributed by atoms with E-state index in [-0.39, 0.29) is 0 Å². The summed E-state index contributed by atoms with van der Waals surface area (Å²) in [6.07, 6.45) is 6.37. The van der Waals surface area contributed by atoms with Gasteiger partial charge in [-0.2, -0.15) is 5.10 Å². The molecule has 0 radical (unpaired) electrons. The minimum atomic E-state index is 0.903. The third-order valence-electron chi connectivity index (χ3n) is 2.55. The standard InChI is InChI=1S/C9H13IN2/c1-7-5-12(11-9(7)10)6-8-3-2-4-8/h5,8H,2-4,6H2,1H3. The lowest BCUT2D eigenvalue weighted by atomic mass is 9.85. The molecule has 1 aliphatic carbocycles. The highest BCUT2D eigenvalue weighted by Gasteiger charge is 2.18. The van der Waals surface area contributed by atoms with E-state index in [2.05, 4.69) is 45.5 Å². The fraction of sp³-hybridized carbons (Fsp3) is 0.667. The summed E-state index contributed by atoms with van der Waals surface area (Å²) in [7, 11) is 0. The summed E-state index contributed by atoms with van der Waals surface area (Å²) >= 11 is 2.29. The van der Waals surface area contributed by atoms with Gasteiger partial charge in [0.15, 0.2) is 0 Å². The van der Waals surface area contributed by atoms with Gasteiger partial charge < -0.3 is 0 Å². The lowest BCUT2D eigenvalue weighted by Gasteiger charge is -2.24. The van der Waals surface area contributed by atoms with Crippen LogP contribution < -0.4 is 0 Å². The zero-order valence-corrected chi connectivity index (χ0v) is 9.41. The molecule has 0 bridgehead atoms. The van der Waals surface area contributed by atoms with E-state index in [0.717, 1.165) is 16.2 Å². The molecule has 0 aliphatic heterocycles. The Hall–Kier alpha value is -0.0600. The quantitative estimate of drug-likeness (QED) is 0.759. The number of nitrogens with zero attached hydrogens (tertiary/aromatic N) is 2. The normalized spacial score (nSPS) is 17.8. The average molecular weight is 276 g/mol. The minimum absolute atomic E-state index is 0.903. The van der Waals surface area contributed by atoms with Crippen LogP contribution in [0.5, 0.6) is 0 Å². The first-order valence-electron chi connectivity index (χ1n) is 4.45. The summed E-state index contributed by atoms with van der Waals surface area (Å²) in [5.74, 6) is 0.903. The summed E-state index contributed by atoms with van der Waals surface area (Å²) in [5, 5.41) is 4.44. The smallest absolute Gasteiger partial charge is 0.126 e. The number of hydrogen-bond acceptors (Lipinski definition) is 1. The molecule has 2 rings (SSSR count). The fourth-order valence-corrected chi connectivity index (χ4v) is 1.95. The van der Waals surface area contributed by atoms with Gasteiger partial charge in [0, 0.05) is 18.3 Å². The summed E-state index contributed by atoms with van der Waals surface area (Å²) in [5.41, 5.74) is 1.30. The highest BCUT2D eigenvalue weighted by Crippen LogP contribution is 2.27. The number of hydrogen-bond donors (Lipinski definition) is 0. The number of rotatable bonds is 2. The maximum Gasteiger partial charge on any atom is 0.126 e. The van der Waals surface area contributed by atoms with Gasteiger partial charge in [0.1, 0.15) is 3.70 Å². The molecule has 66 valence electrons. The van der Waals surface area contributed by atoms with Crippen molar-refractivity contribution in [3.8, 4) is 0 Å². The van der Waals surface area contributed by atoms with Crippen LogP contribution in [0.1, 0.15) is 24.8 Å². The van der Waals surface area contributed by atoms with Crippen LogP contribution in [-0.2, 0) is 6.54 Å². The van der Waals surface area contributed by atoms with Gasteiger partial charge in [-0.25, -0.2) is 0 Å². The van der Waals surface area contributed by atoms with E-state index in [1.807, 2.05) is 0 Å². The maximum absolute atomic E-state index is 4.44. The van der Waals surface area contributed by atoms with Crippen molar-refractivity contribution in [1.29, 1.82) is 0 Å². The van der Waals surface area contributed by atoms with Crippen molar-refractivity contribution in [3.05, 3.63) is 15.5 Å². The first-order chi connectivity index (χ1) is 5.75. The molecule has 0 spiro atoms. The molecular weight excluding hydrogens is 263 g/mol. The second kappa shape index (κ2) is 3.36. The molecule has 1 aliphatic rings. The Bertz CT molecular complexity index is 257. The molecule has 0 atom stereocenters. The van der Waals surface area contributed by atoms with Crippen molar-refractivity contribution >= 4 is 22.6 Å². The summed E-state index contributed by atoms with van der Waals surface area (Å²) < 4.78 is 3.24. The monoisotopic (exact) mass is 276 g/mol. The van der Waals surface area contributed by atoms with E-state index in [1.165, 1.54) is 24.8 Å². The minimum Gasteiger partial charge on any atom is -0.271 e. The molecule has 1 aromatic heterocycles. The van der Waals surface area contributed by atoms with Crippen LogP contribution in [0.15, 0.2) is 6.20 Å². The Morgan fingerprint density at radius 2 is 2.42 bits per heavy atom. The molecule has 0 aromatic carbocycles. The first kappa shape index (κ1) is 8.53.